The molecule has 13 heavy (non-hydrogen) atoms. The van der Waals surface area contributed by atoms with Crippen molar-refractivity contribution < 1.29 is 4.84 Å². The van der Waals surface area contributed by atoms with Crippen molar-refractivity contribution in [2.45, 2.75) is 32.3 Å². The van der Waals surface area contributed by atoms with E-state index in [1.165, 1.54) is 6.42 Å². The average molecular weight is 179 g/mol. The Morgan fingerprint density at radius 2 is 2.54 bits per heavy atom. The van der Waals surface area contributed by atoms with Crippen molar-refractivity contribution in [3.63, 3.8) is 0 Å². The van der Waals surface area contributed by atoms with E-state index in [2.05, 4.69) is 15.4 Å². The van der Waals surface area contributed by atoms with Crippen molar-refractivity contribution >= 4 is 6.21 Å². The van der Waals surface area contributed by atoms with Crippen LogP contribution in [-0.4, -0.2) is 22.5 Å². The molecule has 0 atom stereocenters. The number of aryl methyl sites for hydroxylation is 1. The van der Waals surface area contributed by atoms with Crippen molar-refractivity contribution in [1.82, 2.24) is 10.2 Å². The van der Waals surface area contributed by atoms with Crippen molar-refractivity contribution in [2.75, 3.05) is 0 Å². The van der Waals surface area contributed by atoms with Gasteiger partial charge in [-0.25, -0.2) is 0 Å². The van der Waals surface area contributed by atoms with Gasteiger partial charge in [0.1, 0.15) is 6.10 Å². The molecule has 0 radical (unpaired) electrons. The maximum absolute atomic E-state index is 5.23. The molecule has 1 aliphatic carbocycles. The molecule has 1 heterocycles. The minimum absolute atomic E-state index is 0.350. The van der Waals surface area contributed by atoms with Gasteiger partial charge in [-0.3, -0.25) is 5.10 Å². The van der Waals surface area contributed by atoms with E-state index in [1.54, 1.807) is 12.4 Å². The molecule has 1 N–H and O–H groups in total. The molecule has 0 amide bonds. The summed E-state index contributed by atoms with van der Waals surface area (Å²) < 4.78 is 0. The normalized spacial score (nSPS) is 17.6. The van der Waals surface area contributed by atoms with Gasteiger partial charge in [-0.15, -0.1) is 0 Å². The molecule has 1 aliphatic rings. The minimum atomic E-state index is 0.350. The molecule has 0 spiro atoms. The number of aromatic amines is 1. The Balaban J connectivity index is 1.86. The lowest BCUT2D eigenvalue weighted by molar-refractivity contribution is 0.00699. The van der Waals surface area contributed by atoms with Gasteiger partial charge in [-0.1, -0.05) is 5.16 Å². The summed E-state index contributed by atoms with van der Waals surface area (Å²) in [5, 5.41) is 10.6. The third-order valence-corrected chi connectivity index (χ3v) is 2.32. The van der Waals surface area contributed by atoms with Gasteiger partial charge in [0.15, 0.2) is 0 Å². The van der Waals surface area contributed by atoms with E-state index in [0.29, 0.717) is 6.10 Å². The van der Waals surface area contributed by atoms with Gasteiger partial charge in [-0.05, 0) is 26.2 Å². The van der Waals surface area contributed by atoms with Gasteiger partial charge >= 0.3 is 0 Å². The number of oxime groups is 1. The zero-order valence-electron chi connectivity index (χ0n) is 7.66. The van der Waals surface area contributed by atoms with Gasteiger partial charge in [0, 0.05) is 11.3 Å². The fraction of sp³-hybridized carbons (Fsp3) is 0.556. The lowest BCUT2D eigenvalue weighted by Gasteiger charge is -2.22. The van der Waals surface area contributed by atoms with E-state index in [4.69, 9.17) is 4.84 Å². The van der Waals surface area contributed by atoms with Crippen LogP contribution in [0.2, 0.25) is 0 Å². The number of rotatable bonds is 3. The van der Waals surface area contributed by atoms with Crippen molar-refractivity contribution in [1.29, 1.82) is 0 Å². The monoisotopic (exact) mass is 179 g/mol. The summed E-state index contributed by atoms with van der Waals surface area (Å²) in [5.74, 6) is 0. The third kappa shape index (κ3) is 1.88. The van der Waals surface area contributed by atoms with Gasteiger partial charge in [0.05, 0.1) is 12.4 Å². The quantitative estimate of drug-likeness (QED) is 0.566. The highest BCUT2D eigenvalue weighted by molar-refractivity contribution is 5.79. The second-order valence-corrected chi connectivity index (χ2v) is 3.34. The maximum Gasteiger partial charge on any atom is 0.127 e. The van der Waals surface area contributed by atoms with E-state index >= 15 is 0 Å². The first kappa shape index (κ1) is 8.29. The number of hydrogen-bond donors (Lipinski definition) is 1. The van der Waals surface area contributed by atoms with E-state index < -0.39 is 0 Å². The molecule has 1 fully saturated rings. The molecule has 0 unspecified atom stereocenters. The van der Waals surface area contributed by atoms with Gasteiger partial charge in [0.25, 0.3) is 0 Å². The zero-order chi connectivity index (χ0) is 9.10. The van der Waals surface area contributed by atoms with E-state index in [1.807, 2.05) is 6.92 Å². The summed E-state index contributed by atoms with van der Waals surface area (Å²) in [6.45, 7) is 1.96. The summed E-state index contributed by atoms with van der Waals surface area (Å²) in [6.07, 6.45) is 7.34. The number of nitrogens with zero attached hydrogens (tertiary/aromatic N) is 2. The first-order valence-corrected chi connectivity index (χ1v) is 4.55. The summed E-state index contributed by atoms with van der Waals surface area (Å²) in [4.78, 5) is 5.23. The fourth-order valence-electron chi connectivity index (χ4n) is 1.14. The summed E-state index contributed by atoms with van der Waals surface area (Å²) in [7, 11) is 0. The predicted molar refractivity (Wildman–Crippen MR) is 49.6 cm³/mol. The summed E-state index contributed by atoms with van der Waals surface area (Å²) in [6, 6.07) is 0. The molecule has 1 aromatic rings. The van der Waals surface area contributed by atoms with E-state index in [0.717, 1.165) is 24.1 Å². The highest BCUT2D eigenvalue weighted by Crippen LogP contribution is 2.21. The molecule has 4 nitrogen and oxygen atoms in total. The lowest BCUT2D eigenvalue weighted by atomic mass is 9.97. The topological polar surface area (TPSA) is 50.3 Å². The molecule has 4 heteroatoms. The van der Waals surface area contributed by atoms with Crippen LogP contribution in [0.4, 0.5) is 0 Å². The van der Waals surface area contributed by atoms with Crippen LogP contribution in [0.15, 0.2) is 11.4 Å². The number of hydrogen-bond acceptors (Lipinski definition) is 3. The number of nitrogens with one attached hydrogen (secondary N) is 1. The molecule has 0 aromatic carbocycles. The summed E-state index contributed by atoms with van der Waals surface area (Å²) in [5.41, 5.74) is 2.00. The fourth-order valence-corrected chi connectivity index (χ4v) is 1.14. The Hall–Kier alpha value is -1.32. The Kier molecular flexibility index (Phi) is 2.29. The summed E-state index contributed by atoms with van der Waals surface area (Å²) >= 11 is 0. The van der Waals surface area contributed by atoms with Crippen molar-refractivity contribution in [2.24, 2.45) is 5.16 Å². The van der Waals surface area contributed by atoms with Crippen LogP contribution in [0.25, 0.3) is 0 Å². The molecule has 0 bridgehead atoms. The molecule has 1 aromatic heterocycles. The standard InChI is InChI=1S/C9H13N3O/c1-7-8(5-10-12-7)6-11-13-9-3-2-4-9/h5-6,9H,2-4H2,1H3,(H,10,12)/b11-6+. The molecular formula is C9H13N3O. The Morgan fingerprint density at radius 3 is 3.08 bits per heavy atom. The average Bonchev–Trinajstić information content (AvgIpc) is 2.42. The lowest BCUT2D eigenvalue weighted by Crippen LogP contribution is -2.18. The second-order valence-electron chi connectivity index (χ2n) is 3.34. The highest BCUT2D eigenvalue weighted by Gasteiger charge is 2.18. The number of H-pyrrole nitrogens is 1. The van der Waals surface area contributed by atoms with Crippen LogP contribution in [-0.2, 0) is 4.84 Å². The van der Waals surface area contributed by atoms with Crippen LogP contribution in [0, 0.1) is 6.92 Å². The largest absolute Gasteiger partial charge is 0.392 e. The smallest absolute Gasteiger partial charge is 0.127 e. The van der Waals surface area contributed by atoms with Gasteiger partial charge < -0.3 is 4.84 Å². The maximum atomic E-state index is 5.23. The highest BCUT2D eigenvalue weighted by atomic mass is 16.6. The van der Waals surface area contributed by atoms with Gasteiger partial charge in [0.2, 0.25) is 0 Å². The zero-order valence-corrected chi connectivity index (χ0v) is 7.66. The predicted octanol–water partition coefficient (Wildman–Crippen LogP) is 1.62. The van der Waals surface area contributed by atoms with Crippen LogP contribution < -0.4 is 0 Å². The third-order valence-electron chi connectivity index (χ3n) is 2.32. The SMILES string of the molecule is Cc1[nH]ncc1/C=N/OC1CCC1. The molecule has 2 rings (SSSR count). The Bertz CT molecular complexity index is 302. The first-order valence-electron chi connectivity index (χ1n) is 4.55. The number of aromatic nitrogens is 2. The van der Waals surface area contributed by atoms with E-state index in [-0.39, 0.29) is 0 Å². The van der Waals surface area contributed by atoms with Crippen LogP contribution in [0.3, 0.4) is 0 Å². The minimum Gasteiger partial charge on any atom is -0.392 e. The van der Waals surface area contributed by atoms with Crippen molar-refractivity contribution in [3.05, 3.63) is 17.5 Å². The molecule has 0 saturated heterocycles. The second kappa shape index (κ2) is 3.60. The first-order chi connectivity index (χ1) is 6.36. The molecule has 1 saturated carbocycles. The molecular weight excluding hydrogens is 166 g/mol. The van der Waals surface area contributed by atoms with Crippen LogP contribution >= 0.6 is 0 Å². The van der Waals surface area contributed by atoms with Crippen LogP contribution in [0.1, 0.15) is 30.5 Å². The Morgan fingerprint density at radius 1 is 1.69 bits per heavy atom. The Labute approximate surface area is 77.0 Å². The van der Waals surface area contributed by atoms with Crippen molar-refractivity contribution in [3.8, 4) is 0 Å². The van der Waals surface area contributed by atoms with E-state index in [9.17, 15) is 0 Å². The molecule has 0 aliphatic heterocycles. The van der Waals surface area contributed by atoms with Gasteiger partial charge in [-0.2, -0.15) is 5.10 Å². The molecule has 70 valence electrons. The van der Waals surface area contributed by atoms with Crippen LogP contribution in [0.5, 0.6) is 0 Å².